The van der Waals surface area contributed by atoms with E-state index in [4.69, 9.17) is 14.0 Å². The molecule has 0 spiro atoms. The van der Waals surface area contributed by atoms with Crippen LogP contribution >= 0.6 is 0 Å². The molecule has 0 saturated carbocycles. The molecule has 0 bridgehead atoms. The molecule has 1 heterocycles. The van der Waals surface area contributed by atoms with Crippen molar-refractivity contribution in [1.29, 1.82) is 0 Å². The number of ether oxygens (including phenoxy) is 1. The SMILES string of the molecule is C=CC(=O)Nc1ccc(B2OC(C)(C)C(C)(C)O2)cc1OC. The highest BCUT2D eigenvalue weighted by molar-refractivity contribution is 6.62. The molecule has 1 N–H and O–H groups in total. The number of nitrogens with one attached hydrogen (secondary N) is 1. The number of hydrogen-bond acceptors (Lipinski definition) is 4. The molecular formula is C16H22BNO4. The Morgan fingerprint density at radius 2 is 1.86 bits per heavy atom. The summed E-state index contributed by atoms with van der Waals surface area (Å²) < 4.78 is 17.4. The van der Waals surface area contributed by atoms with Crippen molar-refractivity contribution in [3.63, 3.8) is 0 Å². The quantitative estimate of drug-likeness (QED) is 0.684. The molecule has 0 atom stereocenters. The lowest BCUT2D eigenvalue weighted by Gasteiger charge is -2.32. The Hall–Kier alpha value is -1.79. The van der Waals surface area contributed by atoms with Crippen molar-refractivity contribution in [2.45, 2.75) is 38.9 Å². The molecule has 0 radical (unpaired) electrons. The first kappa shape index (κ1) is 16.6. The van der Waals surface area contributed by atoms with E-state index in [1.54, 1.807) is 19.2 Å². The first-order valence-electron chi connectivity index (χ1n) is 7.17. The molecule has 22 heavy (non-hydrogen) atoms. The van der Waals surface area contributed by atoms with E-state index >= 15 is 0 Å². The van der Waals surface area contributed by atoms with Gasteiger partial charge in [-0.1, -0.05) is 12.6 Å². The van der Waals surface area contributed by atoms with E-state index in [9.17, 15) is 4.79 Å². The summed E-state index contributed by atoms with van der Waals surface area (Å²) in [5.74, 6) is 0.254. The van der Waals surface area contributed by atoms with Gasteiger partial charge in [0.1, 0.15) is 5.75 Å². The lowest BCUT2D eigenvalue weighted by atomic mass is 9.79. The van der Waals surface area contributed by atoms with Gasteiger partial charge in [0.25, 0.3) is 0 Å². The standard InChI is InChI=1S/C16H22BNO4/c1-7-14(19)18-12-9-8-11(10-13(12)20-6)17-21-15(2,3)16(4,5)22-17/h7-10H,1H2,2-6H3,(H,18,19). The summed E-state index contributed by atoms with van der Waals surface area (Å²) >= 11 is 0. The van der Waals surface area contributed by atoms with Gasteiger partial charge in [-0.25, -0.2) is 0 Å². The van der Waals surface area contributed by atoms with Gasteiger partial charge in [-0.05, 0) is 51.4 Å². The van der Waals surface area contributed by atoms with Crippen molar-refractivity contribution in [3.8, 4) is 5.75 Å². The number of rotatable bonds is 4. The smallest absolute Gasteiger partial charge is 0.494 e. The topological polar surface area (TPSA) is 56.8 Å². The summed E-state index contributed by atoms with van der Waals surface area (Å²) in [7, 11) is 1.08. The number of carbonyl (C=O) groups excluding carboxylic acids is 1. The molecule has 1 saturated heterocycles. The van der Waals surface area contributed by atoms with Gasteiger partial charge in [0.05, 0.1) is 24.0 Å². The minimum absolute atomic E-state index is 0.290. The zero-order valence-corrected chi connectivity index (χ0v) is 13.7. The third-order valence-corrected chi connectivity index (χ3v) is 4.19. The van der Waals surface area contributed by atoms with Crippen molar-refractivity contribution in [1.82, 2.24) is 0 Å². The molecule has 1 fully saturated rings. The normalized spacial score (nSPS) is 18.9. The van der Waals surface area contributed by atoms with Crippen LogP contribution < -0.4 is 15.5 Å². The highest BCUT2D eigenvalue weighted by Gasteiger charge is 2.51. The first-order chi connectivity index (χ1) is 10.2. The van der Waals surface area contributed by atoms with Gasteiger partial charge in [0, 0.05) is 0 Å². The van der Waals surface area contributed by atoms with Crippen LogP contribution in [0.1, 0.15) is 27.7 Å². The van der Waals surface area contributed by atoms with E-state index in [0.717, 1.165) is 5.46 Å². The summed E-state index contributed by atoms with van der Waals surface area (Å²) in [6.07, 6.45) is 1.21. The average Bonchev–Trinajstić information content (AvgIpc) is 2.67. The van der Waals surface area contributed by atoms with Crippen LogP contribution in [0.3, 0.4) is 0 Å². The van der Waals surface area contributed by atoms with E-state index in [0.29, 0.717) is 11.4 Å². The van der Waals surface area contributed by atoms with Crippen molar-refractivity contribution in [2.24, 2.45) is 0 Å². The van der Waals surface area contributed by atoms with Crippen LogP contribution in [-0.2, 0) is 14.1 Å². The van der Waals surface area contributed by atoms with Gasteiger partial charge >= 0.3 is 7.12 Å². The molecule has 2 rings (SSSR count). The Balaban J connectivity index is 2.27. The second-order valence-corrected chi connectivity index (χ2v) is 6.24. The third-order valence-electron chi connectivity index (χ3n) is 4.19. The zero-order valence-electron chi connectivity index (χ0n) is 13.7. The predicted molar refractivity (Wildman–Crippen MR) is 87.5 cm³/mol. The minimum atomic E-state index is -0.469. The molecule has 118 valence electrons. The largest absolute Gasteiger partial charge is 0.495 e. The highest BCUT2D eigenvalue weighted by atomic mass is 16.7. The van der Waals surface area contributed by atoms with Gasteiger partial charge in [-0.3, -0.25) is 4.79 Å². The molecule has 1 aromatic rings. The molecule has 1 aliphatic heterocycles. The molecule has 1 amide bonds. The summed E-state index contributed by atoms with van der Waals surface area (Å²) in [5.41, 5.74) is 0.612. The molecule has 0 aromatic heterocycles. The maximum atomic E-state index is 11.4. The molecule has 1 aliphatic rings. The second kappa shape index (κ2) is 5.78. The molecular weight excluding hydrogens is 281 g/mol. The monoisotopic (exact) mass is 303 g/mol. The van der Waals surface area contributed by atoms with Crippen molar-refractivity contribution in [3.05, 3.63) is 30.9 Å². The molecule has 6 heteroatoms. The van der Waals surface area contributed by atoms with Crippen LogP contribution in [0.4, 0.5) is 5.69 Å². The Labute approximate surface area is 131 Å². The summed E-state index contributed by atoms with van der Waals surface area (Å²) in [6, 6.07) is 5.42. The van der Waals surface area contributed by atoms with Gasteiger partial charge in [0.2, 0.25) is 5.91 Å². The van der Waals surface area contributed by atoms with Crippen LogP contribution in [0.25, 0.3) is 0 Å². The van der Waals surface area contributed by atoms with Crippen LogP contribution in [0.15, 0.2) is 30.9 Å². The summed E-state index contributed by atoms with van der Waals surface area (Å²) in [6.45, 7) is 11.4. The maximum Gasteiger partial charge on any atom is 0.494 e. The van der Waals surface area contributed by atoms with Gasteiger partial charge in [-0.2, -0.15) is 0 Å². The Bertz CT molecular complexity index is 582. The third kappa shape index (κ3) is 3.03. The number of methoxy groups -OCH3 is 1. The number of benzene rings is 1. The Morgan fingerprint density at radius 3 is 2.36 bits per heavy atom. The first-order valence-corrected chi connectivity index (χ1v) is 7.17. The van der Waals surface area contributed by atoms with Gasteiger partial charge in [0.15, 0.2) is 0 Å². The van der Waals surface area contributed by atoms with Crippen LogP contribution in [0.2, 0.25) is 0 Å². The number of anilines is 1. The molecule has 5 nitrogen and oxygen atoms in total. The Morgan fingerprint density at radius 1 is 1.27 bits per heavy atom. The van der Waals surface area contributed by atoms with Crippen LogP contribution in [-0.4, -0.2) is 31.3 Å². The van der Waals surface area contributed by atoms with Crippen molar-refractivity contribution < 1.29 is 18.8 Å². The fraction of sp³-hybridized carbons (Fsp3) is 0.438. The van der Waals surface area contributed by atoms with Crippen LogP contribution in [0.5, 0.6) is 5.75 Å². The van der Waals surface area contributed by atoms with Gasteiger partial charge < -0.3 is 19.4 Å². The number of hydrogen-bond donors (Lipinski definition) is 1. The highest BCUT2D eigenvalue weighted by Crippen LogP contribution is 2.37. The van der Waals surface area contributed by atoms with E-state index in [2.05, 4.69) is 11.9 Å². The van der Waals surface area contributed by atoms with E-state index in [1.807, 2.05) is 33.8 Å². The Kier molecular flexibility index (Phi) is 4.36. The fourth-order valence-electron chi connectivity index (χ4n) is 2.12. The number of amides is 1. The van der Waals surface area contributed by atoms with E-state index in [-0.39, 0.29) is 5.91 Å². The second-order valence-electron chi connectivity index (χ2n) is 6.24. The predicted octanol–water partition coefficient (Wildman–Crippen LogP) is 2.12. The van der Waals surface area contributed by atoms with Crippen molar-refractivity contribution >= 4 is 24.2 Å². The fourth-order valence-corrected chi connectivity index (χ4v) is 2.12. The van der Waals surface area contributed by atoms with Crippen molar-refractivity contribution in [2.75, 3.05) is 12.4 Å². The molecule has 0 unspecified atom stereocenters. The lowest BCUT2D eigenvalue weighted by molar-refractivity contribution is -0.111. The summed E-state index contributed by atoms with van der Waals surface area (Å²) in [4.78, 5) is 11.4. The number of carbonyl (C=O) groups is 1. The molecule has 0 aliphatic carbocycles. The summed E-state index contributed by atoms with van der Waals surface area (Å²) in [5, 5.41) is 2.70. The lowest BCUT2D eigenvalue weighted by Crippen LogP contribution is -2.41. The van der Waals surface area contributed by atoms with Gasteiger partial charge in [-0.15, -0.1) is 0 Å². The van der Waals surface area contributed by atoms with E-state index in [1.165, 1.54) is 6.08 Å². The maximum absolute atomic E-state index is 11.4. The molecule has 1 aromatic carbocycles. The minimum Gasteiger partial charge on any atom is -0.495 e. The van der Waals surface area contributed by atoms with E-state index < -0.39 is 18.3 Å². The average molecular weight is 303 g/mol. The van der Waals surface area contributed by atoms with Crippen LogP contribution in [0, 0.1) is 0 Å². The zero-order chi connectivity index (χ0) is 16.5.